The monoisotopic (exact) mass is 292 g/mol. The van der Waals surface area contributed by atoms with E-state index in [1.54, 1.807) is 19.2 Å². The first-order chi connectivity index (χ1) is 10.3. The lowest BCUT2D eigenvalue weighted by atomic mass is 9.97. The van der Waals surface area contributed by atoms with Gasteiger partial charge in [0, 0.05) is 24.7 Å². The normalized spacial score (nSPS) is 20.0. The molecule has 1 N–H and O–H groups in total. The van der Waals surface area contributed by atoms with Crippen LogP contribution in [0.4, 0.5) is 4.39 Å². The number of hydrogen-bond acceptors (Lipinski definition) is 3. The van der Waals surface area contributed by atoms with E-state index in [1.165, 1.54) is 31.7 Å². The summed E-state index contributed by atoms with van der Waals surface area (Å²) in [6, 6.07) is 5.51. The van der Waals surface area contributed by atoms with Crippen LogP contribution < -0.4 is 10.1 Å². The van der Waals surface area contributed by atoms with Crippen molar-refractivity contribution in [3.8, 4) is 5.75 Å². The SMILES string of the molecule is COc1ccc(F)cc1CN(CC1CCNCC1)C1CC1. The van der Waals surface area contributed by atoms with Gasteiger partial charge in [0.2, 0.25) is 0 Å². The van der Waals surface area contributed by atoms with Crippen molar-refractivity contribution in [2.24, 2.45) is 5.92 Å². The molecule has 1 aromatic rings. The summed E-state index contributed by atoms with van der Waals surface area (Å²) in [4.78, 5) is 2.54. The zero-order chi connectivity index (χ0) is 14.7. The lowest BCUT2D eigenvalue weighted by Gasteiger charge is -2.30. The third-order valence-electron chi connectivity index (χ3n) is 4.63. The highest BCUT2D eigenvalue weighted by Crippen LogP contribution is 2.32. The van der Waals surface area contributed by atoms with E-state index >= 15 is 0 Å². The highest BCUT2D eigenvalue weighted by molar-refractivity contribution is 5.34. The molecule has 21 heavy (non-hydrogen) atoms. The van der Waals surface area contributed by atoms with Gasteiger partial charge in [-0.3, -0.25) is 4.90 Å². The molecule has 3 nitrogen and oxygen atoms in total. The van der Waals surface area contributed by atoms with Crippen LogP contribution in [0.2, 0.25) is 0 Å². The number of halogens is 1. The molecule has 0 atom stereocenters. The molecule has 3 rings (SSSR count). The first-order valence-corrected chi connectivity index (χ1v) is 8.03. The van der Waals surface area contributed by atoms with Crippen LogP contribution in [-0.4, -0.2) is 37.7 Å². The number of nitrogens with zero attached hydrogens (tertiary/aromatic N) is 1. The molecule has 0 aromatic heterocycles. The summed E-state index contributed by atoms with van der Waals surface area (Å²) in [5.41, 5.74) is 0.971. The van der Waals surface area contributed by atoms with Crippen LogP contribution in [0.5, 0.6) is 5.75 Å². The van der Waals surface area contributed by atoms with Crippen LogP contribution in [0, 0.1) is 11.7 Å². The van der Waals surface area contributed by atoms with E-state index in [1.807, 2.05) is 0 Å². The van der Waals surface area contributed by atoms with E-state index in [-0.39, 0.29) is 5.82 Å². The Kier molecular flexibility index (Phi) is 4.76. The van der Waals surface area contributed by atoms with Crippen molar-refractivity contribution in [2.45, 2.75) is 38.3 Å². The van der Waals surface area contributed by atoms with E-state index in [9.17, 15) is 4.39 Å². The Labute approximate surface area is 126 Å². The number of rotatable bonds is 6. The fraction of sp³-hybridized carbons (Fsp3) is 0.647. The quantitative estimate of drug-likeness (QED) is 0.872. The van der Waals surface area contributed by atoms with E-state index < -0.39 is 0 Å². The van der Waals surface area contributed by atoms with Gasteiger partial charge in [-0.05, 0) is 62.9 Å². The summed E-state index contributed by atoms with van der Waals surface area (Å²) >= 11 is 0. The van der Waals surface area contributed by atoms with Crippen molar-refractivity contribution < 1.29 is 9.13 Å². The van der Waals surface area contributed by atoms with Crippen molar-refractivity contribution in [3.05, 3.63) is 29.6 Å². The average Bonchev–Trinajstić information content (AvgIpc) is 3.33. The second-order valence-corrected chi connectivity index (χ2v) is 6.31. The second kappa shape index (κ2) is 6.75. The third kappa shape index (κ3) is 3.95. The molecular formula is C17H25FN2O. The molecule has 1 saturated carbocycles. The van der Waals surface area contributed by atoms with Crippen LogP contribution in [0.3, 0.4) is 0 Å². The summed E-state index contributed by atoms with van der Waals surface area (Å²) in [5.74, 6) is 1.39. The Hall–Kier alpha value is -1.13. The number of benzene rings is 1. The van der Waals surface area contributed by atoms with Gasteiger partial charge in [-0.2, -0.15) is 0 Å². The first-order valence-electron chi connectivity index (χ1n) is 8.03. The zero-order valence-electron chi connectivity index (χ0n) is 12.8. The first kappa shape index (κ1) is 14.8. The van der Waals surface area contributed by atoms with Crippen molar-refractivity contribution >= 4 is 0 Å². The van der Waals surface area contributed by atoms with E-state index in [2.05, 4.69) is 10.2 Å². The van der Waals surface area contributed by atoms with Gasteiger partial charge in [-0.1, -0.05) is 0 Å². The van der Waals surface area contributed by atoms with Gasteiger partial charge in [-0.25, -0.2) is 4.39 Å². The molecule has 2 aliphatic rings. The summed E-state index contributed by atoms with van der Waals surface area (Å²) < 4.78 is 18.9. The number of nitrogens with one attached hydrogen (secondary N) is 1. The Bertz CT molecular complexity index is 470. The van der Waals surface area contributed by atoms with Crippen molar-refractivity contribution in [1.29, 1.82) is 0 Å². The van der Waals surface area contributed by atoms with E-state index in [4.69, 9.17) is 4.74 Å². The molecule has 0 bridgehead atoms. The molecule has 2 fully saturated rings. The van der Waals surface area contributed by atoms with Crippen molar-refractivity contribution in [2.75, 3.05) is 26.7 Å². The lowest BCUT2D eigenvalue weighted by molar-refractivity contribution is 0.188. The fourth-order valence-corrected chi connectivity index (χ4v) is 3.27. The number of methoxy groups -OCH3 is 1. The molecule has 1 saturated heterocycles. The van der Waals surface area contributed by atoms with Gasteiger partial charge in [0.1, 0.15) is 11.6 Å². The predicted molar refractivity (Wildman–Crippen MR) is 82.0 cm³/mol. The Morgan fingerprint density at radius 1 is 1.24 bits per heavy atom. The van der Waals surface area contributed by atoms with Gasteiger partial charge in [-0.15, -0.1) is 0 Å². The maximum atomic E-state index is 13.5. The molecule has 0 amide bonds. The standard InChI is InChI=1S/C17H25FN2O/c1-21-17-5-2-15(18)10-14(17)12-20(16-3-4-16)11-13-6-8-19-9-7-13/h2,5,10,13,16,19H,3-4,6-9,11-12H2,1H3. The second-order valence-electron chi connectivity index (χ2n) is 6.31. The summed E-state index contributed by atoms with van der Waals surface area (Å²) in [6.07, 6.45) is 5.07. The van der Waals surface area contributed by atoms with Crippen molar-refractivity contribution in [3.63, 3.8) is 0 Å². The molecule has 1 aliphatic heterocycles. The molecular weight excluding hydrogens is 267 g/mol. The van der Waals surface area contributed by atoms with Gasteiger partial charge >= 0.3 is 0 Å². The van der Waals surface area contributed by atoms with Crippen LogP contribution in [-0.2, 0) is 6.54 Å². The summed E-state index contributed by atoms with van der Waals surface area (Å²) in [6.45, 7) is 4.19. The van der Waals surface area contributed by atoms with Gasteiger partial charge < -0.3 is 10.1 Å². The third-order valence-corrected chi connectivity index (χ3v) is 4.63. The fourth-order valence-electron chi connectivity index (χ4n) is 3.27. The predicted octanol–water partition coefficient (Wildman–Crippen LogP) is 2.80. The minimum absolute atomic E-state index is 0.177. The van der Waals surface area contributed by atoms with Crippen LogP contribution in [0.15, 0.2) is 18.2 Å². The topological polar surface area (TPSA) is 24.5 Å². The minimum Gasteiger partial charge on any atom is -0.496 e. The molecule has 0 spiro atoms. The molecule has 4 heteroatoms. The Morgan fingerprint density at radius 3 is 2.67 bits per heavy atom. The van der Waals surface area contributed by atoms with Crippen LogP contribution >= 0.6 is 0 Å². The van der Waals surface area contributed by atoms with E-state index in [0.717, 1.165) is 43.4 Å². The molecule has 0 radical (unpaired) electrons. The Balaban J connectivity index is 1.68. The number of hydrogen-bond donors (Lipinski definition) is 1. The molecule has 1 aliphatic carbocycles. The summed E-state index contributed by atoms with van der Waals surface area (Å²) in [5, 5.41) is 3.42. The number of piperidine rings is 1. The molecule has 1 aromatic carbocycles. The van der Waals surface area contributed by atoms with Gasteiger partial charge in [0.05, 0.1) is 7.11 Å². The molecule has 1 heterocycles. The molecule has 0 unspecified atom stereocenters. The lowest BCUT2D eigenvalue weighted by Crippen LogP contribution is -2.37. The smallest absolute Gasteiger partial charge is 0.123 e. The van der Waals surface area contributed by atoms with Crippen LogP contribution in [0.25, 0.3) is 0 Å². The largest absolute Gasteiger partial charge is 0.496 e. The van der Waals surface area contributed by atoms with Crippen molar-refractivity contribution in [1.82, 2.24) is 10.2 Å². The van der Waals surface area contributed by atoms with E-state index in [0.29, 0.717) is 6.04 Å². The highest BCUT2D eigenvalue weighted by Gasteiger charge is 2.31. The number of ether oxygens (including phenoxy) is 1. The zero-order valence-corrected chi connectivity index (χ0v) is 12.8. The summed E-state index contributed by atoms with van der Waals surface area (Å²) in [7, 11) is 1.66. The maximum absolute atomic E-state index is 13.5. The highest BCUT2D eigenvalue weighted by atomic mass is 19.1. The van der Waals surface area contributed by atoms with Crippen LogP contribution in [0.1, 0.15) is 31.2 Å². The minimum atomic E-state index is -0.177. The van der Waals surface area contributed by atoms with Gasteiger partial charge in [0.25, 0.3) is 0 Å². The van der Waals surface area contributed by atoms with Gasteiger partial charge in [0.15, 0.2) is 0 Å². The Morgan fingerprint density at radius 2 is 2.00 bits per heavy atom. The maximum Gasteiger partial charge on any atom is 0.123 e. The average molecular weight is 292 g/mol. The molecule has 116 valence electrons.